The van der Waals surface area contributed by atoms with E-state index in [4.69, 9.17) is 43.1 Å². The van der Waals surface area contributed by atoms with Gasteiger partial charge in [-0.25, -0.2) is 0 Å². The predicted octanol–water partition coefficient (Wildman–Crippen LogP) is 7.18. The molecule has 0 N–H and O–H groups in total. The van der Waals surface area contributed by atoms with Crippen LogP contribution in [0.15, 0.2) is 124 Å². The molecule has 0 saturated heterocycles. The highest BCUT2D eigenvalue weighted by molar-refractivity contribution is 6.43. The summed E-state index contributed by atoms with van der Waals surface area (Å²) < 4.78 is 5.41. The smallest absolute Gasteiger partial charge is 0.329 e. The van der Waals surface area contributed by atoms with Crippen molar-refractivity contribution in [2.45, 2.75) is 0 Å². The maximum atomic E-state index is 13.9. The Morgan fingerprint density at radius 3 is 1.71 bits per heavy atom. The first-order valence-corrected chi connectivity index (χ1v) is 12.5. The van der Waals surface area contributed by atoms with Crippen molar-refractivity contribution in [1.82, 2.24) is 0 Å². The quantitative estimate of drug-likeness (QED) is 0.192. The largest absolute Gasteiger partial charge is 0.468 e. The summed E-state index contributed by atoms with van der Waals surface area (Å²) in [6.07, 6.45) is 1.55. The van der Waals surface area contributed by atoms with Gasteiger partial charge in [-0.3, -0.25) is 9.79 Å². The molecule has 1 aliphatic heterocycles. The van der Waals surface area contributed by atoms with Gasteiger partial charge in [-0.15, -0.1) is 0 Å². The Balaban J connectivity index is 1.80. The minimum atomic E-state index is -1.57. The van der Waals surface area contributed by atoms with Crippen LogP contribution in [0.25, 0.3) is 0 Å². The lowest BCUT2D eigenvalue weighted by molar-refractivity contribution is -0.142. The van der Waals surface area contributed by atoms with Gasteiger partial charge in [-0.05, 0) is 59.7 Å². The van der Waals surface area contributed by atoms with Gasteiger partial charge in [-0.1, -0.05) is 83.9 Å². The highest BCUT2D eigenvalue weighted by Crippen LogP contribution is 2.36. The van der Waals surface area contributed by atoms with Crippen LogP contribution >= 0.6 is 23.2 Å². The number of ether oxygens (including phenoxy) is 1. The molecule has 1 heterocycles. The van der Waals surface area contributed by atoms with Crippen molar-refractivity contribution in [3.05, 3.63) is 130 Å². The number of halogens is 2. The molecule has 8 heteroatoms. The number of carbonyl (C=O) groups excluding carboxylic acids is 1. The minimum absolute atomic E-state index is 0.409. The van der Waals surface area contributed by atoms with Gasteiger partial charge in [0.2, 0.25) is 0 Å². The molecule has 0 unspecified atom stereocenters. The van der Waals surface area contributed by atoms with Crippen LogP contribution in [0.1, 0.15) is 11.1 Å². The predicted molar refractivity (Wildman–Crippen MR) is 154 cm³/mol. The van der Waals surface area contributed by atoms with Gasteiger partial charge in [0, 0.05) is 16.3 Å². The molecule has 1 aliphatic rings. The summed E-state index contributed by atoms with van der Waals surface area (Å²) in [5, 5.41) is 12.4. The minimum Gasteiger partial charge on any atom is -0.468 e. The number of benzene rings is 4. The van der Waals surface area contributed by atoms with E-state index in [0.29, 0.717) is 44.0 Å². The summed E-state index contributed by atoms with van der Waals surface area (Å²) in [6, 6.07) is 33.1. The number of hydrazone groups is 2. The maximum absolute atomic E-state index is 13.9. The van der Waals surface area contributed by atoms with E-state index in [1.165, 1.54) is 12.2 Å². The second-order valence-corrected chi connectivity index (χ2v) is 9.30. The zero-order chi connectivity index (χ0) is 26.5. The van der Waals surface area contributed by atoms with Crippen molar-refractivity contribution in [1.29, 1.82) is 0 Å². The van der Waals surface area contributed by atoms with Crippen molar-refractivity contribution in [3.8, 4) is 0 Å². The molecule has 0 amide bonds. The third-order valence-electron chi connectivity index (χ3n) is 6.03. The summed E-state index contributed by atoms with van der Waals surface area (Å²) in [5.41, 5.74) is 1.95. The molecule has 0 atom stereocenters. The average molecular weight is 541 g/mol. The highest BCUT2D eigenvalue weighted by atomic mass is 35.5. The third-order valence-corrected chi connectivity index (χ3v) is 6.53. The second kappa shape index (κ2) is 11.0. The maximum Gasteiger partial charge on any atom is 0.329 e. The Hall–Kier alpha value is -4.26. The lowest BCUT2D eigenvalue weighted by Gasteiger charge is -2.35. The third kappa shape index (κ3) is 4.96. The van der Waals surface area contributed by atoms with E-state index in [1.54, 1.807) is 42.6 Å². The standard InChI is InChI=1S/C30H22Cl2N4O2/c1-38-29(37)30(20-33-25-16-12-23(31)13-17-25)27(21-8-4-2-5-9-21)34-36(26-18-14-24(32)15-19-26)35-28(30)22-10-6-3-7-11-22/h2-20H,1H3. The topological polar surface area (TPSA) is 66.6 Å². The molecule has 4 aromatic carbocycles. The number of anilines is 1. The van der Waals surface area contributed by atoms with E-state index in [9.17, 15) is 4.79 Å². The van der Waals surface area contributed by atoms with Crippen LogP contribution < -0.4 is 5.12 Å². The van der Waals surface area contributed by atoms with E-state index < -0.39 is 11.4 Å². The van der Waals surface area contributed by atoms with Gasteiger partial charge in [-0.2, -0.15) is 15.3 Å². The number of methoxy groups -OCH3 is 1. The highest BCUT2D eigenvalue weighted by Gasteiger charge is 2.52. The van der Waals surface area contributed by atoms with Crippen LogP contribution in [0.5, 0.6) is 0 Å². The second-order valence-electron chi connectivity index (χ2n) is 8.43. The Labute approximate surface area is 230 Å². The van der Waals surface area contributed by atoms with Crippen LogP contribution in [0.3, 0.4) is 0 Å². The van der Waals surface area contributed by atoms with Gasteiger partial charge in [0.05, 0.1) is 29.9 Å². The van der Waals surface area contributed by atoms with Gasteiger partial charge >= 0.3 is 5.97 Å². The van der Waals surface area contributed by atoms with Crippen molar-refractivity contribution < 1.29 is 9.53 Å². The van der Waals surface area contributed by atoms with Crippen molar-refractivity contribution in [2.24, 2.45) is 20.6 Å². The lowest BCUT2D eigenvalue weighted by atomic mass is 9.73. The van der Waals surface area contributed by atoms with Crippen LogP contribution in [-0.4, -0.2) is 30.7 Å². The molecule has 0 spiro atoms. The Bertz CT molecular complexity index is 1460. The average Bonchev–Trinajstić information content (AvgIpc) is 2.97. The number of hydrogen-bond donors (Lipinski definition) is 0. The molecular formula is C30H22Cl2N4O2. The Morgan fingerprint density at radius 1 is 0.763 bits per heavy atom. The molecule has 0 fully saturated rings. The Kier molecular flexibility index (Phi) is 7.36. The SMILES string of the molecule is COC(=O)C1(C=Nc2ccc(Cl)cc2)C(c2ccccc2)=NN(c2ccc(Cl)cc2)N=C1c1ccccc1. The van der Waals surface area contributed by atoms with Gasteiger partial charge in [0.1, 0.15) is 0 Å². The van der Waals surface area contributed by atoms with E-state index in [0.717, 1.165) is 0 Å². The van der Waals surface area contributed by atoms with E-state index in [1.807, 2.05) is 72.8 Å². The first kappa shape index (κ1) is 25.4. The fourth-order valence-corrected chi connectivity index (χ4v) is 4.41. The number of carbonyl (C=O) groups is 1. The van der Waals surface area contributed by atoms with E-state index >= 15 is 0 Å². The Morgan fingerprint density at radius 2 is 1.24 bits per heavy atom. The molecule has 5 rings (SSSR count). The number of aliphatic imine (C=N–C) groups is 1. The van der Waals surface area contributed by atoms with Crippen molar-refractivity contribution in [2.75, 3.05) is 12.2 Å². The van der Waals surface area contributed by atoms with Crippen LogP contribution in [0, 0.1) is 5.41 Å². The molecule has 0 aliphatic carbocycles. The molecule has 0 radical (unpaired) electrons. The monoisotopic (exact) mass is 540 g/mol. The van der Waals surface area contributed by atoms with E-state index in [2.05, 4.69) is 0 Å². The van der Waals surface area contributed by atoms with E-state index in [-0.39, 0.29) is 0 Å². The van der Waals surface area contributed by atoms with Crippen LogP contribution in [-0.2, 0) is 9.53 Å². The van der Waals surface area contributed by atoms with Crippen molar-refractivity contribution >= 4 is 58.2 Å². The summed E-state index contributed by atoms with van der Waals surface area (Å²) in [6.45, 7) is 0. The molecule has 38 heavy (non-hydrogen) atoms. The molecule has 4 aromatic rings. The molecule has 188 valence electrons. The van der Waals surface area contributed by atoms with Crippen molar-refractivity contribution in [3.63, 3.8) is 0 Å². The molecule has 0 aromatic heterocycles. The van der Waals surface area contributed by atoms with Gasteiger partial charge in [0.15, 0.2) is 5.41 Å². The lowest BCUT2D eigenvalue weighted by Crippen LogP contribution is -2.53. The number of esters is 1. The fourth-order valence-electron chi connectivity index (χ4n) is 4.16. The molecular weight excluding hydrogens is 519 g/mol. The zero-order valence-corrected chi connectivity index (χ0v) is 21.8. The number of rotatable bonds is 6. The van der Waals surface area contributed by atoms with Crippen LogP contribution in [0.4, 0.5) is 11.4 Å². The molecule has 0 saturated carbocycles. The number of nitrogens with zero attached hydrogens (tertiary/aromatic N) is 4. The fraction of sp³-hybridized carbons (Fsp3) is 0.0667. The first-order valence-electron chi connectivity index (χ1n) is 11.7. The summed E-state index contributed by atoms with van der Waals surface area (Å²) in [4.78, 5) is 18.6. The zero-order valence-electron chi connectivity index (χ0n) is 20.3. The van der Waals surface area contributed by atoms with Gasteiger partial charge in [0.25, 0.3) is 0 Å². The molecule has 0 bridgehead atoms. The van der Waals surface area contributed by atoms with Gasteiger partial charge < -0.3 is 4.74 Å². The summed E-state index contributed by atoms with van der Waals surface area (Å²) >= 11 is 12.2. The normalized spacial score (nSPS) is 14.7. The molecule has 6 nitrogen and oxygen atoms in total. The summed E-state index contributed by atoms with van der Waals surface area (Å²) in [7, 11) is 1.34. The summed E-state index contributed by atoms with van der Waals surface area (Å²) in [5.74, 6) is -0.573. The van der Waals surface area contributed by atoms with Crippen LogP contribution in [0.2, 0.25) is 10.0 Å². The first-order chi connectivity index (χ1) is 18.5. The number of hydrogen-bond acceptors (Lipinski definition) is 6.